The van der Waals surface area contributed by atoms with Gasteiger partial charge in [-0.3, -0.25) is 4.79 Å². The number of unbranched alkanes of at least 4 members (excludes halogenated alkanes) is 1. The lowest BCUT2D eigenvalue weighted by atomic mass is 9.99. The summed E-state index contributed by atoms with van der Waals surface area (Å²) in [5.41, 5.74) is 3.79. The van der Waals surface area contributed by atoms with Crippen molar-refractivity contribution < 1.29 is 14.7 Å². The molecular weight excluding hydrogens is 374 g/mol. The highest BCUT2D eigenvalue weighted by atomic mass is 16.4. The number of carboxylic acid groups (broad SMARTS) is 1. The van der Waals surface area contributed by atoms with Crippen molar-refractivity contribution in [3.63, 3.8) is 0 Å². The summed E-state index contributed by atoms with van der Waals surface area (Å²) < 4.78 is 0. The van der Waals surface area contributed by atoms with Gasteiger partial charge in [0, 0.05) is 18.7 Å². The van der Waals surface area contributed by atoms with Crippen molar-refractivity contribution in [3.8, 4) is 11.1 Å². The van der Waals surface area contributed by atoms with E-state index in [-0.39, 0.29) is 11.5 Å². The van der Waals surface area contributed by atoms with E-state index in [1.165, 1.54) is 5.56 Å². The monoisotopic (exact) mass is 401 g/mol. The largest absolute Gasteiger partial charge is 0.478 e. The Morgan fingerprint density at radius 1 is 0.867 bits per heavy atom. The van der Waals surface area contributed by atoms with Gasteiger partial charge >= 0.3 is 5.97 Å². The Hall–Kier alpha value is -3.40. The normalized spacial score (nSPS) is 10.6. The molecule has 1 amide bonds. The third-order valence-corrected chi connectivity index (χ3v) is 5.16. The smallest absolute Gasteiger partial charge is 0.336 e. The lowest BCUT2D eigenvalue weighted by Crippen LogP contribution is -2.32. The predicted molar refractivity (Wildman–Crippen MR) is 121 cm³/mol. The first kappa shape index (κ1) is 21.3. The number of nitrogens with zero attached hydrogens (tertiary/aromatic N) is 1. The van der Waals surface area contributed by atoms with Crippen molar-refractivity contribution >= 4 is 17.6 Å². The predicted octanol–water partition coefficient (Wildman–Crippen LogP) is 5.82. The van der Waals surface area contributed by atoms with Crippen molar-refractivity contribution in [1.29, 1.82) is 0 Å². The first-order valence-corrected chi connectivity index (χ1v) is 10.4. The van der Waals surface area contributed by atoms with Crippen LogP contribution in [-0.4, -0.2) is 23.5 Å². The number of carbonyl (C=O) groups excluding carboxylic acids is 1. The number of carbonyl (C=O) groups is 2. The minimum Gasteiger partial charge on any atom is -0.478 e. The fraction of sp³-hybridized carbons (Fsp3) is 0.231. The second-order valence-corrected chi connectivity index (χ2v) is 7.28. The highest BCUT2D eigenvalue weighted by molar-refractivity contribution is 5.97. The van der Waals surface area contributed by atoms with Crippen LogP contribution in [0.3, 0.4) is 0 Å². The summed E-state index contributed by atoms with van der Waals surface area (Å²) in [6.45, 7) is 2.69. The van der Waals surface area contributed by atoms with Crippen LogP contribution in [0.15, 0.2) is 78.9 Å². The van der Waals surface area contributed by atoms with Crippen molar-refractivity contribution in [2.75, 3.05) is 11.4 Å². The average molecular weight is 402 g/mol. The Morgan fingerprint density at radius 3 is 2.20 bits per heavy atom. The summed E-state index contributed by atoms with van der Waals surface area (Å²) in [4.78, 5) is 26.2. The molecule has 0 spiro atoms. The average Bonchev–Trinajstić information content (AvgIpc) is 2.79. The molecule has 0 aromatic heterocycles. The second-order valence-electron chi connectivity index (χ2n) is 7.28. The molecule has 1 N–H and O–H groups in total. The molecule has 0 atom stereocenters. The summed E-state index contributed by atoms with van der Waals surface area (Å²) in [5.74, 6) is -0.833. The molecule has 0 fully saturated rings. The van der Waals surface area contributed by atoms with Gasteiger partial charge in [0.05, 0.1) is 5.56 Å². The topological polar surface area (TPSA) is 57.6 Å². The number of carboxylic acids is 1. The molecule has 3 rings (SSSR count). The van der Waals surface area contributed by atoms with Gasteiger partial charge in [0.25, 0.3) is 0 Å². The van der Waals surface area contributed by atoms with Crippen LogP contribution in [0, 0.1) is 0 Å². The Labute approximate surface area is 177 Å². The molecular formula is C26H27NO3. The van der Waals surface area contributed by atoms with Gasteiger partial charge in [-0.05, 0) is 47.7 Å². The maximum absolute atomic E-state index is 12.9. The van der Waals surface area contributed by atoms with E-state index in [2.05, 4.69) is 19.1 Å². The van der Waals surface area contributed by atoms with Crippen molar-refractivity contribution in [3.05, 3.63) is 90.0 Å². The van der Waals surface area contributed by atoms with Crippen LogP contribution >= 0.6 is 0 Å². The highest BCUT2D eigenvalue weighted by Gasteiger charge is 2.16. The number of hydrogen-bond acceptors (Lipinski definition) is 2. The molecule has 0 heterocycles. The van der Waals surface area contributed by atoms with E-state index < -0.39 is 5.97 Å². The van der Waals surface area contributed by atoms with Gasteiger partial charge in [-0.1, -0.05) is 74.0 Å². The summed E-state index contributed by atoms with van der Waals surface area (Å²) in [5, 5.41) is 9.45. The molecule has 0 bridgehead atoms. The first-order chi connectivity index (χ1) is 14.6. The van der Waals surface area contributed by atoms with E-state index in [1.54, 1.807) is 18.2 Å². The van der Waals surface area contributed by atoms with Gasteiger partial charge in [-0.2, -0.15) is 0 Å². The van der Waals surface area contributed by atoms with Crippen molar-refractivity contribution in [2.24, 2.45) is 0 Å². The number of anilines is 1. The number of amides is 1. The Kier molecular flexibility index (Phi) is 7.39. The van der Waals surface area contributed by atoms with Crippen LogP contribution in [0.5, 0.6) is 0 Å². The molecule has 0 aliphatic rings. The molecule has 0 unspecified atom stereocenters. The zero-order chi connectivity index (χ0) is 21.3. The SMILES string of the molecule is CCCCC(=O)N(CCc1ccccc1)c1ccc(-c2ccccc2C(=O)O)cc1. The van der Waals surface area contributed by atoms with Gasteiger partial charge in [0.2, 0.25) is 5.91 Å². The van der Waals surface area contributed by atoms with E-state index in [0.717, 1.165) is 30.5 Å². The fourth-order valence-corrected chi connectivity index (χ4v) is 3.49. The molecule has 4 nitrogen and oxygen atoms in total. The third kappa shape index (κ3) is 5.35. The summed E-state index contributed by atoms with van der Waals surface area (Å²) in [6, 6.07) is 24.7. The minimum absolute atomic E-state index is 0.117. The summed E-state index contributed by atoms with van der Waals surface area (Å²) in [6.07, 6.45) is 3.14. The molecule has 0 saturated carbocycles. The number of aromatic carboxylic acids is 1. The van der Waals surface area contributed by atoms with E-state index in [9.17, 15) is 14.7 Å². The number of benzene rings is 3. The maximum atomic E-state index is 12.9. The van der Waals surface area contributed by atoms with E-state index in [0.29, 0.717) is 18.5 Å². The lowest BCUT2D eigenvalue weighted by molar-refractivity contribution is -0.118. The molecule has 3 aromatic rings. The highest BCUT2D eigenvalue weighted by Crippen LogP contribution is 2.27. The number of rotatable bonds is 9. The number of hydrogen-bond donors (Lipinski definition) is 1. The fourth-order valence-electron chi connectivity index (χ4n) is 3.49. The second kappa shape index (κ2) is 10.4. The van der Waals surface area contributed by atoms with Crippen LogP contribution in [0.1, 0.15) is 42.1 Å². The maximum Gasteiger partial charge on any atom is 0.336 e. The molecule has 3 aromatic carbocycles. The van der Waals surface area contributed by atoms with Gasteiger partial charge < -0.3 is 10.0 Å². The van der Waals surface area contributed by atoms with Gasteiger partial charge in [0.15, 0.2) is 0 Å². The quantitative estimate of drug-likeness (QED) is 0.492. The minimum atomic E-state index is -0.950. The molecule has 0 radical (unpaired) electrons. The zero-order valence-corrected chi connectivity index (χ0v) is 17.3. The molecule has 4 heteroatoms. The van der Waals surface area contributed by atoms with Gasteiger partial charge in [0.1, 0.15) is 0 Å². The van der Waals surface area contributed by atoms with E-state index >= 15 is 0 Å². The van der Waals surface area contributed by atoms with Crippen LogP contribution in [-0.2, 0) is 11.2 Å². The molecule has 0 aliphatic carbocycles. The van der Waals surface area contributed by atoms with Crippen LogP contribution in [0.2, 0.25) is 0 Å². The van der Waals surface area contributed by atoms with Crippen LogP contribution in [0.25, 0.3) is 11.1 Å². The Bertz CT molecular complexity index is 981. The summed E-state index contributed by atoms with van der Waals surface area (Å²) >= 11 is 0. The first-order valence-electron chi connectivity index (χ1n) is 10.4. The Balaban J connectivity index is 1.84. The van der Waals surface area contributed by atoms with Gasteiger partial charge in [-0.25, -0.2) is 4.79 Å². The molecule has 30 heavy (non-hydrogen) atoms. The van der Waals surface area contributed by atoms with E-state index in [1.807, 2.05) is 53.4 Å². The Morgan fingerprint density at radius 2 is 1.53 bits per heavy atom. The molecule has 154 valence electrons. The van der Waals surface area contributed by atoms with Crippen LogP contribution < -0.4 is 4.90 Å². The molecule has 0 aliphatic heterocycles. The van der Waals surface area contributed by atoms with Crippen molar-refractivity contribution in [1.82, 2.24) is 0 Å². The zero-order valence-electron chi connectivity index (χ0n) is 17.3. The third-order valence-electron chi connectivity index (χ3n) is 5.16. The van der Waals surface area contributed by atoms with Crippen molar-refractivity contribution in [2.45, 2.75) is 32.6 Å². The van der Waals surface area contributed by atoms with E-state index in [4.69, 9.17) is 0 Å². The van der Waals surface area contributed by atoms with Crippen LogP contribution in [0.4, 0.5) is 5.69 Å². The molecule has 0 saturated heterocycles. The standard InChI is InChI=1S/C26H27NO3/c1-2-3-13-25(28)27(19-18-20-9-5-4-6-10-20)22-16-14-21(15-17-22)23-11-7-8-12-24(23)26(29)30/h4-12,14-17H,2-3,13,18-19H2,1H3,(H,29,30). The van der Waals surface area contributed by atoms with Gasteiger partial charge in [-0.15, -0.1) is 0 Å². The lowest BCUT2D eigenvalue weighted by Gasteiger charge is -2.23. The summed E-state index contributed by atoms with van der Waals surface area (Å²) in [7, 11) is 0.